The molecular weight excluding hydrogens is 116 g/mol. The van der Waals surface area contributed by atoms with Gasteiger partial charge in [0.25, 0.3) is 0 Å². The zero-order valence-electron chi connectivity index (χ0n) is 5.38. The average Bonchev–Trinajstić information content (AvgIpc) is 1.90. The van der Waals surface area contributed by atoms with Crippen LogP contribution in [0.2, 0.25) is 0 Å². The monoisotopic (exact) mass is 127 g/mol. The van der Waals surface area contributed by atoms with Crippen LogP contribution in [0.25, 0.3) is 0 Å². The molecule has 3 heteroatoms. The Morgan fingerprint density at radius 1 is 1.44 bits per heavy atom. The SMILES string of the molecule is [CH2-]N1CCC(=NO)CC1. The normalized spacial score (nSPS) is 22.1. The van der Waals surface area contributed by atoms with Gasteiger partial charge < -0.3 is 10.1 Å². The van der Waals surface area contributed by atoms with Crippen molar-refractivity contribution in [2.45, 2.75) is 12.8 Å². The molecule has 0 aromatic heterocycles. The van der Waals surface area contributed by atoms with Gasteiger partial charge in [0.15, 0.2) is 0 Å². The van der Waals surface area contributed by atoms with Gasteiger partial charge in [-0.3, -0.25) is 7.05 Å². The Kier molecular flexibility index (Phi) is 2.05. The van der Waals surface area contributed by atoms with Crippen molar-refractivity contribution >= 4 is 5.71 Å². The fourth-order valence-electron chi connectivity index (χ4n) is 0.911. The fourth-order valence-corrected chi connectivity index (χ4v) is 0.911. The molecule has 1 fully saturated rings. The number of likely N-dealkylation sites (tertiary alicyclic amines) is 1. The predicted octanol–water partition coefficient (Wildman–Crippen LogP) is 0.704. The molecule has 0 aromatic carbocycles. The first-order valence-electron chi connectivity index (χ1n) is 3.08. The topological polar surface area (TPSA) is 35.8 Å². The number of nitrogens with zero attached hydrogens (tertiary/aromatic N) is 2. The molecule has 0 aliphatic carbocycles. The summed E-state index contributed by atoms with van der Waals surface area (Å²) >= 11 is 0. The van der Waals surface area contributed by atoms with E-state index in [2.05, 4.69) is 12.2 Å². The highest BCUT2D eigenvalue weighted by molar-refractivity contribution is 5.84. The lowest BCUT2D eigenvalue weighted by molar-refractivity contribution is 0.304. The van der Waals surface area contributed by atoms with Crippen molar-refractivity contribution in [2.24, 2.45) is 5.16 Å². The third-order valence-corrected chi connectivity index (χ3v) is 1.57. The van der Waals surface area contributed by atoms with E-state index in [4.69, 9.17) is 5.21 Å². The van der Waals surface area contributed by atoms with Crippen LogP contribution >= 0.6 is 0 Å². The molecule has 1 heterocycles. The van der Waals surface area contributed by atoms with E-state index >= 15 is 0 Å². The second kappa shape index (κ2) is 2.82. The maximum absolute atomic E-state index is 8.33. The number of hydrogen-bond acceptors (Lipinski definition) is 3. The van der Waals surface area contributed by atoms with E-state index in [1.54, 1.807) is 0 Å². The molecule has 0 unspecified atom stereocenters. The van der Waals surface area contributed by atoms with E-state index in [1.807, 2.05) is 4.90 Å². The van der Waals surface area contributed by atoms with Crippen LogP contribution in [0.3, 0.4) is 0 Å². The predicted molar refractivity (Wildman–Crippen MR) is 35.4 cm³/mol. The van der Waals surface area contributed by atoms with Crippen molar-refractivity contribution in [3.8, 4) is 0 Å². The van der Waals surface area contributed by atoms with E-state index < -0.39 is 0 Å². The minimum absolute atomic E-state index is 0.861. The van der Waals surface area contributed by atoms with Crippen LogP contribution in [0.4, 0.5) is 0 Å². The molecule has 1 rings (SSSR count). The Labute approximate surface area is 55.0 Å². The van der Waals surface area contributed by atoms with Crippen LogP contribution in [-0.2, 0) is 0 Å². The lowest BCUT2D eigenvalue weighted by Crippen LogP contribution is -2.28. The van der Waals surface area contributed by atoms with Crippen molar-refractivity contribution in [1.29, 1.82) is 0 Å². The third-order valence-electron chi connectivity index (χ3n) is 1.57. The summed E-state index contributed by atoms with van der Waals surface area (Å²) in [5, 5.41) is 11.5. The third kappa shape index (κ3) is 1.68. The van der Waals surface area contributed by atoms with Crippen LogP contribution in [0.15, 0.2) is 5.16 Å². The van der Waals surface area contributed by atoms with Gasteiger partial charge in [-0.1, -0.05) is 5.16 Å². The molecule has 0 aromatic rings. The second-order valence-electron chi connectivity index (χ2n) is 2.28. The lowest BCUT2D eigenvalue weighted by atomic mass is 10.1. The van der Waals surface area contributed by atoms with E-state index in [0.717, 1.165) is 31.6 Å². The van der Waals surface area contributed by atoms with Gasteiger partial charge in [-0.05, 0) is 25.9 Å². The molecule has 0 radical (unpaired) electrons. The first-order chi connectivity index (χ1) is 4.33. The van der Waals surface area contributed by atoms with Gasteiger partial charge in [-0.15, -0.1) is 0 Å². The molecule has 0 amide bonds. The van der Waals surface area contributed by atoms with Crippen molar-refractivity contribution in [1.82, 2.24) is 4.90 Å². The molecule has 0 atom stereocenters. The van der Waals surface area contributed by atoms with Crippen molar-refractivity contribution in [2.75, 3.05) is 13.1 Å². The number of rotatable bonds is 0. The number of oxime groups is 1. The fraction of sp³-hybridized carbons (Fsp3) is 0.667. The summed E-state index contributed by atoms with van der Waals surface area (Å²) in [6.07, 6.45) is 1.72. The molecule has 1 aliphatic rings. The van der Waals surface area contributed by atoms with Crippen molar-refractivity contribution in [3.63, 3.8) is 0 Å². The van der Waals surface area contributed by atoms with E-state index in [-0.39, 0.29) is 0 Å². The summed E-state index contributed by atoms with van der Waals surface area (Å²) in [4.78, 5) is 1.98. The van der Waals surface area contributed by atoms with Gasteiger partial charge in [-0.2, -0.15) is 0 Å². The standard InChI is InChI=1S/C6H11N2O/c1-8-4-2-6(7-9)3-5-8/h9H,1-5H2/q-1. The van der Waals surface area contributed by atoms with Gasteiger partial charge in [0.2, 0.25) is 0 Å². The van der Waals surface area contributed by atoms with Crippen LogP contribution in [0, 0.1) is 7.05 Å². The Balaban J connectivity index is 2.35. The molecule has 9 heavy (non-hydrogen) atoms. The number of piperidine rings is 1. The smallest absolute Gasteiger partial charge is 0.0594 e. The van der Waals surface area contributed by atoms with E-state index in [1.165, 1.54) is 0 Å². The maximum atomic E-state index is 8.33. The summed E-state index contributed by atoms with van der Waals surface area (Å²) in [7, 11) is 3.76. The summed E-state index contributed by atoms with van der Waals surface area (Å²) in [6, 6.07) is 0. The molecule has 1 saturated heterocycles. The van der Waals surface area contributed by atoms with E-state index in [9.17, 15) is 0 Å². The van der Waals surface area contributed by atoms with Gasteiger partial charge in [-0.25, -0.2) is 0 Å². The molecular formula is C6H11N2O-. The van der Waals surface area contributed by atoms with Crippen LogP contribution in [-0.4, -0.2) is 28.9 Å². The van der Waals surface area contributed by atoms with Crippen LogP contribution in [0.1, 0.15) is 12.8 Å². The molecule has 1 N–H and O–H groups in total. The quantitative estimate of drug-likeness (QED) is 0.295. The summed E-state index contributed by atoms with van der Waals surface area (Å²) in [6.45, 7) is 1.83. The highest BCUT2D eigenvalue weighted by Gasteiger charge is 2.06. The first-order valence-corrected chi connectivity index (χ1v) is 3.08. The maximum Gasteiger partial charge on any atom is 0.0594 e. The van der Waals surface area contributed by atoms with Crippen molar-refractivity contribution in [3.05, 3.63) is 7.05 Å². The Hall–Kier alpha value is -0.570. The molecule has 52 valence electrons. The van der Waals surface area contributed by atoms with Gasteiger partial charge >= 0.3 is 0 Å². The molecule has 0 bridgehead atoms. The Morgan fingerprint density at radius 2 is 2.00 bits per heavy atom. The van der Waals surface area contributed by atoms with E-state index in [0.29, 0.717) is 0 Å². The summed E-state index contributed by atoms with van der Waals surface area (Å²) < 4.78 is 0. The zero-order valence-corrected chi connectivity index (χ0v) is 5.38. The minimum atomic E-state index is 0.861. The van der Waals surface area contributed by atoms with Gasteiger partial charge in [0.1, 0.15) is 0 Å². The van der Waals surface area contributed by atoms with Crippen LogP contribution in [0.5, 0.6) is 0 Å². The zero-order chi connectivity index (χ0) is 6.69. The average molecular weight is 127 g/mol. The van der Waals surface area contributed by atoms with Gasteiger partial charge in [0, 0.05) is 0 Å². The Morgan fingerprint density at radius 3 is 2.44 bits per heavy atom. The molecule has 0 spiro atoms. The number of hydrogen-bond donors (Lipinski definition) is 1. The Bertz CT molecular complexity index is 112. The molecule has 0 saturated carbocycles. The highest BCUT2D eigenvalue weighted by Crippen LogP contribution is 2.04. The van der Waals surface area contributed by atoms with Crippen LogP contribution < -0.4 is 0 Å². The van der Waals surface area contributed by atoms with Gasteiger partial charge in [0.05, 0.1) is 5.71 Å². The highest BCUT2D eigenvalue weighted by atomic mass is 16.4. The lowest BCUT2D eigenvalue weighted by Gasteiger charge is -2.29. The second-order valence-corrected chi connectivity index (χ2v) is 2.28. The molecule has 3 nitrogen and oxygen atoms in total. The summed E-state index contributed by atoms with van der Waals surface area (Å²) in [5.74, 6) is 0. The molecule has 1 aliphatic heterocycles. The largest absolute Gasteiger partial charge is 0.459 e. The minimum Gasteiger partial charge on any atom is -0.459 e. The van der Waals surface area contributed by atoms with Crippen molar-refractivity contribution < 1.29 is 5.21 Å². The summed E-state index contributed by atoms with van der Waals surface area (Å²) in [5.41, 5.74) is 0.898. The first kappa shape index (κ1) is 6.55.